The van der Waals surface area contributed by atoms with Gasteiger partial charge in [0.15, 0.2) is 5.78 Å². The molecule has 0 bridgehead atoms. The summed E-state index contributed by atoms with van der Waals surface area (Å²) in [6.07, 6.45) is 0. The molecular weight excluding hydrogens is 352 g/mol. The van der Waals surface area contributed by atoms with E-state index in [1.807, 2.05) is 20.9 Å². The topological polar surface area (TPSA) is 58.2 Å². The largest absolute Gasteiger partial charge is 0.308 e. The number of nitrogens with one attached hydrogen (secondary N) is 2. The molecule has 0 saturated carbocycles. The summed E-state index contributed by atoms with van der Waals surface area (Å²) in [5.74, 6) is 3.26. The number of hydrogen-bond acceptors (Lipinski definition) is 6. The maximum atomic E-state index is 12.8. The van der Waals surface area contributed by atoms with Gasteiger partial charge in [0.1, 0.15) is 5.78 Å². The lowest BCUT2D eigenvalue weighted by Gasteiger charge is -2.31. The SMILES string of the molecule is CN[C@@]1(C)CSCc2ccccc2CSC[C@@](C)(C(C)=O)NCC1=O. The monoisotopic (exact) mass is 380 g/mol. The molecular formula is C19H28N2O2S2. The first-order chi connectivity index (χ1) is 11.8. The number of fused-ring (bicyclic) bond motifs is 1. The molecule has 0 aromatic heterocycles. The average Bonchev–Trinajstić information content (AvgIpc) is 2.60. The molecule has 0 amide bonds. The van der Waals surface area contributed by atoms with Gasteiger partial charge in [-0.1, -0.05) is 24.3 Å². The third kappa shape index (κ3) is 5.09. The molecule has 1 heterocycles. The maximum absolute atomic E-state index is 12.8. The molecule has 1 aromatic carbocycles. The van der Waals surface area contributed by atoms with Crippen LogP contribution < -0.4 is 10.6 Å². The van der Waals surface area contributed by atoms with Crippen LogP contribution in [0, 0.1) is 0 Å². The van der Waals surface area contributed by atoms with Crippen LogP contribution >= 0.6 is 23.5 Å². The Bertz CT molecular complexity index is 623. The van der Waals surface area contributed by atoms with Gasteiger partial charge >= 0.3 is 0 Å². The molecule has 0 radical (unpaired) electrons. The second-order valence-electron chi connectivity index (χ2n) is 7.00. The van der Waals surface area contributed by atoms with Gasteiger partial charge < -0.3 is 5.32 Å². The lowest BCUT2D eigenvalue weighted by atomic mass is 9.96. The Hall–Kier alpha value is -0.820. The van der Waals surface area contributed by atoms with Crippen LogP contribution in [0.4, 0.5) is 0 Å². The molecule has 1 aliphatic rings. The van der Waals surface area contributed by atoms with Crippen LogP contribution in [-0.2, 0) is 21.1 Å². The molecule has 0 fully saturated rings. The molecule has 0 spiro atoms. The molecule has 0 saturated heterocycles. The first-order valence-corrected chi connectivity index (χ1v) is 10.8. The van der Waals surface area contributed by atoms with E-state index < -0.39 is 11.1 Å². The number of likely N-dealkylation sites (N-methyl/N-ethyl adjacent to an activating group) is 1. The average molecular weight is 381 g/mol. The van der Waals surface area contributed by atoms with Gasteiger partial charge in [-0.3, -0.25) is 14.9 Å². The van der Waals surface area contributed by atoms with Crippen molar-refractivity contribution in [1.82, 2.24) is 10.6 Å². The zero-order valence-corrected chi connectivity index (χ0v) is 17.1. The van der Waals surface area contributed by atoms with Crippen LogP contribution in [0.3, 0.4) is 0 Å². The second-order valence-corrected chi connectivity index (χ2v) is 8.97. The van der Waals surface area contributed by atoms with E-state index in [-0.39, 0.29) is 18.1 Å². The van der Waals surface area contributed by atoms with Crippen LogP contribution in [0.1, 0.15) is 31.9 Å². The summed E-state index contributed by atoms with van der Waals surface area (Å²) in [6.45, 7) is 5.63. The molecule has 138 valence electrons. The molecule has 4 nitrogen and oxygen atoms in total. The van der Waals surface area contributed by atoms with Crippen molar-refractivity contribution in [3.05, 3.63) is 35.4 Å². The number of carbonyl (C=O) groups excluding carboxylic acids is 2. The van der Waals surface area contributed by atoms with E-state index in [0.717, 1.165) is 11.5 Å². The highest BCUT2D eigenvalue weighted by atomic mass is 32.2. The maximum Gasteiger partial charge on any atom is 0.167 e. The van der Waals surface area contributed by atoms with Crippen LogP contribution in [0.2, 0.25) is 0 Å². The Kier molecular flexibility index (Phi) is 7.14. The first kappa shape index (κ1) is 20.5. The van der Waals surface area contributed by atoms with Gasteiger partial charge in [0.2, 0.25) is 0 Å². The lowest BCUT2D eigenvalue weighted by Crippen LogP contribution is -2.58. The summed E-state index contributed by atoms with van der Waals surface area (Å²) in [7, 11) is 1.82. The summed E-state index contributed by atoms with van der Waals surface area (Å²) in [5.41, 5.74) is 1.32. The van der Waals surface area contributed by atoms with Crippen LogP contribution in [-0.4, -0.2) is 47.7 Å². The predicted octanol–water partition coefficient (Wildman–Crippen LogP) is 2.65. The molecule has 0 aliphatic carbocycles. The van der Waals surface area contributed by atoms with E-state index in [4.69, 9.17) is 0 Å². The van der Waals surface area contributed by atoms with Crippen molar-refractivity contribution in [2.45, 2.75) is 43.4 Å². The third-order valence-corrected chi connectivity index (χ3v) is 7.59. The zero-order chi connectivity index (χ0) is 18.5. The van der Waals surface area contributed by atoms with Crippen LogP contribution in [0.5, 0.6) is 0 Å². The van der Waals surface area contributed by atoms with E-state index in [2.05, 4.69) is 34.9 Å². The van der Waals surface area contributed by atoms with Gasteiger partial charge in [0.25, 0.3) is 0 Å². The van der Waals surface area contributed by atoms with Gasteiger partial charge in [-0.05, 0) is 38.9 Å². The smallest absolute Gasteiger partial charge is 0.167 e. The van der Waals surface area contributed by atoms with Gasteiger partial charge in [-0.15, -0.1) is 0 Å². The highest BCUT2D eigenvalue weighted by molar-refractivity contribution is 7.99. The fourth-order valence-corrected chi connectivity index (χ4v) is 5.24. The standard InChI is InChI=1S/C19H28N2O2S2/c1-14(22)18(2)12-24-10-15-7-5-6-8-16(15)11-25-13-19(3,20-4)17(23)9-21-18/h5-8,20-21H,9-13H2,1-4H3/t18-,19-/m0/s1. The number of benzene rings is 1. The van der Waals surface area contributed by atoms with Crippen molar-refractivity contribution >= 4 is 35.1 Å². The highest BCUT2D eigenvalue weighted by Crippen LogP contribution is 2.26. The molecule has 1 aromatic rings. The summed E-state index contributed by atoms with van der Waals surface area (Å²) in [6, 6.07) is 8.44. The van der Waals surface area contributed by atoms with Gasteiger partial charge in [-0.2, -0.15) is 23.5 Å². The normalized spacial score (nSPS) is 29.0. The minimum Gasteiger partial charge on any atom is -0.308 e. The summed E-state index contributed by atoms with van der Waals surface area (Å²) >= 11 is 3.51. The van der Waals surface area contributed by atoms with Crippen molar-refractivity contribution in [1.29, 1.82) is 0 Å². The van der Waals surface area contributed by atoms with Gasteiger partial charge in [-0.25, -0.2) is 0 Å². The number of Topliss-reactive ketones (excluding diaryl/α,β-unsaturated/α-hetero) is 2. The Labute approximate surface area is 159 Å². The molecule has 1 aliphatic heterocycles. The van der Waals surface area contributed by atoms with E-state index in [1.54, 1.807) is 30.4 Å². The zero-order valence-electron chi connectivity index (χ0n) is 15.5. The van der Waals surface area contributed by atoms with Crippen molar-refractivity contribution < 1.29 is 9.59 Å². The molecule has 25 heavy (non-hydrogen) atoms. The van der Waals surface area contributed by atoms with Gasteiger partial charge in [0.05, 0.1) is 17.6 Å². The van der Waals surface area contributed by atoms with Crippen LogP contribution in [0.15, 0.2) is 24.3 Å². The van der Waals surface area contributed by atoms with Gasteiger partial charge in [0, 0.05) is 23.0 Å². The number of rotatable bonds is 2. The Balaban J connectivity index is 2.29. The lowest BCUT2D eigenvalue weighted by molar-refractivity contribution is -0.125. The van der Waals surface area contributed by atoms with Crippen molar-refractivity contribution in [2.24, 2.45) is 0 Å². The minimum absolute atomic E-state index is 0.0662. The van der Waals surface area contributed by atoms with Crippen molar-refractivity contribution in [3.8, 4) is 0 Å². The molecule has 2 rings (SSSR count). The molecule has 2 N–H and O–H groups in total. The first-order valence-electron chi connectivity index (χ1n) is 8.51. The van der Waals surface area contributed by atoms with E-state index >= 15 is 0 Å². The summed E-state index contributed by atoms with van der Waals surface area (Å²) in [5, 5.41) is 6.41. The minimum atomic E-state index is -0.689. The number of carbonyl (C=O) groups is 2. The highest BCUT2D eigenvalue weighted by Gasteiger charge is 2.35. The Morgan fingerprint density at radius 3 is 2.20 bits per heavy atom. The quantitative estimate of drug-likeness (QED) is 0.823. The van der Waals surface area contributed by atoms with Crippen molar-refractivity contribution in [3.63, 3.8) is 0 Å². The van der Waals surface area contributed by atoms with E-state index in [0.29, 0.717) is 11.5 Å². The summed E-state index contributed by atoms with van der Waals surface area (Å²) < 4.78 is 0. The Morgan fingerprint density at radius 2 is 1.68 bits per heavy atom. The fraction of sp³-hybridized carbons (Fsp3) is 0.579. The number of ketones is 2. The third-order valence-electron chi connectivity index (χ3n) is 5.00. The van der Waals surface area contributed by atoms with Crippen LogP contribution in [0.25, 0.3) is 0 Å². The van der Waals surface area contributed by atoms with Crippen molar-refractivity contribution in [2.75, 3.05) is 25.1 Å². The second kappa shape index (κ2) is 8.71. The fourth-order valence-electron chi connectivity index (χ4n) is 2.61. The van der Waals surface area contributed by atoms with E-state index in [9.17, 15) is 9.59 Å². The Morgan fingerprint density at radius 1 is 1.12 bits per heavy atom. The molecule has 6 heteroatoms. The number of thioether (sulfide) groups is 2. The molecule has 0 unspecified atom stereocenters. The van der Waals surface area contributed by atoms with E-state index in [1.165, 1.54) is 11.1 Å². The molecule has 2 atom stereocenters. The predicted molar refractivity (Wildman–Crippen MR) is 108 cm³/mol. The number of hydrogen-bond donors (Lipinski definition) is 2. The summed E-state index contributed by atoms with van der Waals surface area (Å²) in [4.78, 5) is 25.0.